The molecule has 3 N–H and O–H groups in total. The normalized spacial score (nSPS) is 13.9. The number of nitrogens with one attached hydrogen (secondary N) is 2. The summed E-state index contributed by atoms with van der Waals surface area (Å²) in [6.45, 7) is 2.18. The molecule has 0 unspecified atom stereocenters. The molecule has 0 amide bonds. The van der Waals surface area contributed by atoms with Gasteiger partial charge in [-0.2, -0.15) is 0 Å². The fourth-order valence-electron chi connectivity index (χ4n) is 4.06. The highest BCUT2D eigenvalue weighted by Crippen LogP contribution is 2.20. The second-order valence-electron chi connectivity index (χ2n) is 8.79. The summed E-state index contributed by atoms with van der Waals surface area (Å²) < 4.78 is 30.7. The molecule has 0 aliphatic carbocycles. The van der Waals surface area contributed by atoms with Gasteiger partial charge in [-0.15, -0.1) is 0 Å². The second kappa shape index (κ2) is 15.0. The maximum absolute atomic E-state index is 12.4. The van der Waals surface area contributed by atoms with Gasteiger partial charge < -0.3 is 25.4 Å². The Bertz CT molecular complexity index is 952. The lowest BCUT2D eigenvalue weighted by Crippen LogP contribution is -2.37. The molecule has 0 bridgehead atoms. The number of rotatable bonds is 16. The van der Waals surface area contributed by atoms with E-state index < -0.39 is 25.0 Å². The summed E-state index contributed by atoms with van der Waals surface area (Å²) in [5, 5.41) is 16.0. The molecule has 2 aromatic rings. The van der Waals surface area contributed by atoms with E-state index in [2.05, 4.69) is 48.6 Å². The number of aliphatic carboxylic acids is 1. The molecule has 0 aromatic carbocycles. The minimum absolute atomic E-state index is 0.168. The van der Waals surface area contributed by atoms with Gasteiger partial charge in [0.15, 0.2) is 0 Å². The molecular formula is C25H34BrF2N5O3. The van der Waals surface area contributed by atoms with Gasteiger partial charge in [0, 0.05) is 36.0 Å². The van der Waals surface area contributed by atoms with Gasteiger partial charge in [-0.05, 0) is 84.8 Å². The molecule has 1 aliphatic heterocycles. The number of hydrogen-bond donors (Lipinski definition) is 3. The lowest BCUT2D eigenvalue weighted by atomic mass is 10.1. The van der Waals surface area contributed by atoms with Gasteiger partial charge >= 0.3 is 5.97 Å². The number of aryl methyl sites for hydroxylation is 2. The number of ether oxygens (including phenoxy) is 1. The number of pyridine rings is 2. The number of nitrogens with zero attached hydrogens (tertiary/aromatic N) is 3. The number of carboxylic acids is 1. The first-order valence-corrected chi connectivity index (χ1v) is 13.1. The van der Waals surface area contributed by atoms with Crippen LogP contribution >= 0.6 is 15.9 Å². The highest BCUT2D eigenvalue weighted by molar-refractivity contribution is 9.10. The largest absolute Gasteiger partial charge is 0.480 e. The van der Waals surface area contributed by atoms with E-state index in [1.165, 1.54) is 5.56 Å². The van der Waals surface area contributed by atoms with Crippen LogP contribution in [0.1, 0.15) is 36.9 Å². The molecule has 0 spiro atoms. The molecule has 36 heavy (non-hydrogen) atoms. The van der Waals surface area contributed by atoms with Crippen molar-refractivity contribution in [3.8, 4) is 0 Å². The van der Waals surface area contributed by atoms with Crippen LogP contribution in [0.25, 0.3) is 0 Å². The Kier molecular flexibility index (Phi) is 11.8. The van der Waals surface area contributed by atoms with E-state index in [1.54, 1.807) is 18.3 Å². The van der Waals surface area contributed by atoms with Crippen molar-refractivity contribution in [2.75, 3.05) is 50.0 Å². The van der Waals surface area contributed by atoms with Crippen LogP contribution in [0.4, 0.5) is 20.4 Å². The van der Waals surface area contributed by atoms with Gasteiger partial charge in [-0.25, -0.2) is 23.5 Å². The Morgan fingerprint density at radius 3 is 2.83 bits per heavy atom. The number of unbranched alkanes of at least 4 members (excludes halogenated alkanes) is 1. The smallest absolute Gasteiger partial charge is 0.326 e. The number of hydrogen-bond acceptors (Lipinski definition) is 7. The van der Waals surface area contributed by atoms with Gasteiger partial charge in [0.2, 0.25) is 0 Å². The zero-order valence-electron chi connectivity index (χ0n) is 20.3. The Morgan fingerprint density at radius 1 is 1.22 bits per heavy atom. The van der Waals surface area contributed by atoms with Crippen molar-refractivity contribution in [1.82, 2.24) is 14.9 Å². The Hall–Kier alpha value is -2.37. The molecule has 0 fully saturated rings. The number of carboxylic acid groups (broad SMARTS) is 1. The Balaban J connectivity index is 1.48. The van der Waals surface area contributed by atoms with E-state index in [-0.39, 0.29) is 6.61 Å². The molecule has 0 saturated carbocycles. The number of alkyl halides is 2. The van der Waals surface area contributed by atoms with E-state index in [0.29, 0.717) is 31.9 Å². The monoisotopic (exact) mass is 569 g/mol. The predicted molar refractivity (Wildman–Crippen MR) is 139 cm³/mol. The average Bonchev–Trinajstić information content (AvgIpc) is 2.87. The second-order valence-corrected chi connectivity index (χ2v) is 9.71. The fourth-order valence-corrected chi connectivity index (χ4v) is 4.29. The standard InChI is InChI=1S/C25H34BrF2N5O3/c26-19-7-9-23(30-16-19)32-21(25(34)35)10-13-33(14-15-36-17-22(27)28)12-2-1-5-20-8-6-18-4-3-11-29-24(18)31-20/h6-9,16,21-22H,1-5,10-15,17H2,(H,29,31)(H,30,32)(H,34,35)/t21-/m0/s1. The van der Waals surface area contributed by atoms with Crippen molar-refractivity contribution >= 4 is 33.5 Å². The van der Waals surface area contributed by atoms with Gasteiger partial charge in [-0.3, -0.25) is 0 Å². The first-order valence-electron chi connectivity index (χ1n) is 12.3. The van der Waals surface area contributed by atoms with Crippen LogP contribution in [0.2, 0.25) is 0 Å². The highest BCUT2D eigenvalue weighted by atomic mass is 79.9. The summed E-state index contributed by atoms with van der Waals surface area (Å²) >= 11 is 3.31. The summed E-state index contributed by atoms with van der Waals surface area (Å²) in [5.74, 6) is 0.495. The molecular weight excluding hydrogens is 536 g/mol. The van der Waals surface area contributed by atoms with Crippen molar-refractivity contribution in [1.29, 1.82) is 0 Å². The van der Waals surface area contributed by atoms with Crippen LogP contribution in [0.3, 0.4) is 0 Å². The number of aromatic nitrogens is 2. The molecule has 11 heteroatoms. The molecule has 3 heterocycles. The fraction of sp³-hybridized carbons (Fsp3) is 0.560. The summed E-state index contributed by atoms with van der Waals surface area (Å²) in [7, 11) is 0. The molecule has 0 radical (unpaired) electrons. The molecule has 8 nitrogen and oxygen atoms in total. The molecule has 0 saturated heterocycles. The van der Waals surface area contributed by atoms with Crippen LogP contribution in [0, 0.1) is 0 Å². The molecule has 198 valence electrons. The third-order valence-electron chi connectivity index (χ3n) is 5.99. The summed E-state index contributed by atoms with van der Waals surface area (Å²) in [6.07, 6.45) is 4.26. The lowest BCUT2D eigenvalue weighted by molar-refractivity contribution is -0.138. The molecule has 1 atom stereocenters. The highest BCUT2D eigenvalue weighted by Gasteiger charge is 2.19. The summed E-state index contributed by atoms with van der Waals surface area (Å²) in [5.41, 5.74) is 2.31. The topological polar surface area (TPSA) is 99.6 Å². The van der Waals surface area contributed by atoms with Crippen molar-refractivity contribution in [3.63, 3.8) is 0 Å². The third kappa shape index (κ3) is 9.94. The zero-order valence-corrected chi connectivity index (χ0v) is 21.9. The number of fused-ring (bicyclic) bond motifs is 1. The predicted octanol–water partition coefficient (Wildman–Crippen LogP) is 4.46. The lowest BCUT2D eigenvalue weighted by Gasteiger charge is -2.24. The number of halogens is 3. The van der Waals surface area contributed by atoms with Crippen LogP contribution in [-0.2, 0) is 22.4 Å². The van der Waals surface area contributed by atoms with Gasteiger partial charge in [0.05, 0.1) is 6.61 Å². The van der Waals surface area contributed by atoms with E-state index >= 15 is 0 Å². The summed E-state index contributed by atoms with van der Waals surface area (Å²) in [6, 6.07) is 6.90. The van der Waals surface area contributed by atoms with Crippen LogP contribution in [-0.4, -0.2) is 77.8 Å². The summed E-state index contributed by atoms with van der Waals surface area (Å²) in [4.78, 5) is 22.8. The van der Waals surface area contributed by atoms with Crippen LogP contribution in [0.15, 0.2) is 34.9 Å². The Morgan fingerprint density at radius 2 is 2.08 bits per heavy atom. The van der Waals surface area contributed by atoms with E-state index in [0.717, 1.165) is 54.6 Å². The van der Waals surface area contributed by atoms with E-state index in [9.17, 15) is 18.7 Å². The average molecular weight is 570 g/mol. The Labute approximate surface area is 219 Å². The van der Waals surface area contributed by atoms with E-state index in [4.69, 9.17) is 9.72 Å². The minimum atomic E-state index is -2.50. The van der Waals surface area contributed by atoms with Gasteiger partial charge in [0.1, 0.15) is 24.3 Å². The quantitative estimate of drug-likeness (QED) is 0.255. The maximum atomic E-state index is 12.4. The van der Waals surface area contributed by atoms with Crippen molar-refractivity contribution in [3.05, 3.63) is 46.2 Å². The van der Waals surface area contributed by atoms with Crippen LogP contribution < -0.4 is 10.6 Å². The van der Waals surface area contributed by atoms with Crippen molar-refractivity contribution in [2.24, 2.45) is 0 Å². The first-order chi connectivity index (χ1) is 17.4. The molecule has 2 aromatic heterocycles. The van der Waals surface area contributed by atoms with E-state index in [1.807, 2.05) is 0 Å². The first kappa shape index (κ1) is 28.2. The molecule has 1 aliphatic rings. The molecule has 3 rings (SSSR count). The minimum Gasteiger partial charge on any atom is -0.480 e. The zero-order chi connectivity index (χ0) is 25.8. The number of anilines is 2. The SMILES string of the molecule is O=C(O)[C@H](CCN(CCCCc1ccc2c(n1)NCCC2)CCOCC(F)F)Nc1ccc(Br)cn1. The maximum Gasteiger partial charge on any atom is 0.326 e. The van der Waals surface area contributed by atoms with Crippen molar-refractivity contribution < 1.29 is 23.4 Å². The number of carbonyl (C=O) groups is 1. The van der Waals surface area contributed by atoms with Crippen LogP contribution in [0.5, 0.6) is 0 Å². The third-order valence-corrected chi connectivity index (χ3v) is 6.46. The van der Waals surface area contributed by atoms with Gasteiger partial charge in [-0.1, -0.05) is 6.07 Å². The van der Waals surface area contributed by atoms with Crippen molar-refractivity contribution in [2.45, 2.75) is 51.0 Å². The van der Waals surface area contributed by atoms with Gasteiger partial charge in [0.25, 0.3) is 6.43 Å².